The molecule has 0 spiro atoms. The van der Waals surface area contributed by atoms with Gasteiger partial charge in [-0.15, -0.1) is 22.9 Å². The number of carbonyl (C=O) groups is 4. The Morgan fingerprint density at radius 1 is 1.41 bits per heavy atom. The number of thiazole rings is 1. The van der Waals surface area contributed by atoms with E-state index in [1.807, 2.05) is 0 Å². The summed E-state index contributed by atoms with van der Waals surface area (Å²) in [5, 5.41) is 9.57. The second kappa shape index (κ2) is 11.4. The molecule has 0 radical (unpaired) electrons. The molecule has 2 heterocycles. The molecule has 1 aliphatic heterocycles. The van der Waals surface area contributed by atoms with E-state index in [0.29, 0.717) is 0 Å². The molecular formula is C14H18ClN6NaO8S2. The third kappa shape index (κ3) is 6.15. The summed E-state index contributed by atoms with van der Waals surface area (Å²) in [5.41, 5.74) is -0.456. The van der Waals surface area contributed by atoms with Crippen molar-refractivity contribution in [1.82, 2.24) is 19.5 Å². The Morgan fingerprint density at radius 2 is 2.03 bits per heavy atom. The van der Waals surface area contributed by atoms with Crippen molar-refractivity contribution in [2.24, 2.45) is 5.16 Å². The number of alkyl halides is 1. The number of hydrogen-bond acceptors (Lipinski definition) is 10. The van der Waals surface area contributed by atoms with Gasteiger partial charge < -0.3 is 20.4 Å². The summed E-state index contributed by atoms with van der Waals surface area (Å²) in [5.74, 6) is -3.95. The van der Waals surface area contributed by atoms with Gasteiger partial charge in [-0.25, -0.2) is 4.98 Å². The van der Waals surface area contributed by atoms with E-state index >= 15 is 0 Å². The first kappa shape index (κ1) is 28.2. The van der Waals surface area contributed by atoms with E-state index in [0.717, 1.165) is 23.3 Å². The standard InChI is InChI=1S/C14H17ClN6O8S2.Na.H/c1-20(2)13(25)10-9(12(24)21(10)31(26,27)28)18-11(23)8(19-29-3)6-5-30-14(16-6)17-7(22)4-15;;/h5,9-10H,4H2,1-3H3,(H,18,23)(H,16,17,22)(H,26,27,28);;/b19-8-;;. The number of halogens is 1. The molecule has 3 N–H and O–H groups in total. The van der Waals surface area contributed by atoms with Gasteiger partial charge in [-0.1, -0.05) is 5.16 Å². The Morgan fingerprint density at radius 3 is 2.53 bits per heavy atom. The first-order valence-electron chi connectivity index (χ1n) is 8.18. The van der Waals surface area contributed by atoms with Gasteiger partial charge in [-0.05, 0) is 0 Å². The van der Waals surface area contributed by atoms with Crippen molar-refractivity contribution in [3.63, 3.8) is 0 Å². The predicted molar refractivity (Wildman–Crippen MR) is 115 cm³/mol. The van der Waals surface area contributed by atoms with Gasteiger partial charge in [0.1, 0.15) is 24.7 Å². The summed E-state index contributed by atoms with van der Waals surface area (Å²) in [6, 6.07) is -3.29. The summed E-state index contributed by atoms with van der Waals surface area (Å²) in [6.07, 6.45) is 0. The molecule has 2 unspecified atom stereocenters. The van der Waals surface area contributed by atoms with E-state index < -0.39 is 51.7 Å². The number of oxime groups is 1. The molecule has 4 amide bonds. The van der Waals surface area contributed by atoms with Crippen LogP contribution in [0.2, 0.25) is 0 Å². The van der Waals surface area contributed by atoms with Crippen LogP contribution in [-0.2, 0) is 34.3 Å². The van der Waals surface area contributed by atoms with Crippen LogP contribution in [0.25, 0.3) is 0 Å². The van der Waals surface area contributed by atoms with Gasteiger partial charge in [0.15, 0.2) is 16.9 Å². The minimum absolute atomic E-state index is 0. The Labute approximate surface area is 213 Å². The summed E-state index contributed by atoms with van der Waals surface area (Å²) in [4.78, 5) is 58.2. The zero-order chi connectivity index (χ0) is 23.5. The van der Waals surface area contributed by atoms with Crippen LogP contribution in [0.1, 0.15) is 5.69 Å². The first-order chi connectivity index (χ1) is 14.4. The zero-order valence-corrected chi connectivity index (χ0v) is 18.6. The van der Waals surface area contributed by atoms with Crippen LogP contribution in [0.3, 0.4) is 0 Å². The molecular weight excluding hydrogens is 503 g/mol. The molecule has 0 bridgehead atoms. The number of hydrogen-bond donors (Lipinski definition) is 3. The van der Waals surface area contributed by atoms with Crippen molar-refractivity contribution in [2.75, 3.05) is 32.4 Å². The molecule has 14 nitrogen and oxygen atoms in total. The molecule has 0 aromatic carbocycles. The third-order valence-electron chi connectivity index (χ3n) is 3.79. The molecule has 172 valence electrons. The number of nitrogens with zero attached hydrogens (tertiary/aromatic N) is 4. The number of anilines is 1. The van der Waals surface area contributed by atoms with Gasteiger partial charge in [-0.2, -0.15) is 12.7 Å². The maximum atomic E-state index is 12.7. The van der Waals surface area contributed by atoms with Gasteiger partial charge in [-0.3, -0.25) is 23.7 Å². The minimum atomic E-state index is -5.04. The molecule has 1 aromatic heterocycles. The van der Waals surface area contributed by atoms with Crippen LogP contribution in [0, 0.1) is 0 Å². The van der Waals surface area contributed by atoms with Crippen LogP contribution in [0.15, 0.2) is 10.5 Å². The van der Waals surface area contributed by atoms with E-state index in [1.165, 1.54) is 19.5 Å². The number of amides is 4. The average molecular weight is 521 g/mol. The van der Waals surface area contributed by atoms with Gasteiger partial charge in [0.05, 0.1) is 0 Å². The van der Waals surface area contributed by atoms with Crippen molar-refractivity contribution in [3.8, 4) is 0 Å². The SMILES string of the molecule is CO/N=C(\C(=O)NC1C(=O)N(S(=O)(=O)O)C1C(=O)N(C)C)c1csc(NC(=O)CCl)n1.[NaH]. The van der Waals surface area contributed by atoms with E-state index in [4.69, 9.17) is 11.6 Å². The summed E-state index contributed by atoms with van der Waals surface area (Å²) in [7, 11) is -1.29. The van der Waals surface area contributed by atoms with Gasteiger partial charge in [0.25, 0.3) is 11.8 Å². The van der Waals surface area contributed by atoms with Crippen molar-refractivity contribution >= 4 is 97.3 Å². The molecule has 1 fully saturated rings. The maximum absolute atomic E-state index is 12.7. The number of likely N-dealkylation sites (N-methyl/N-ethyl adjacent to an activating group) is 1. The van der Waals surface area contributed by atoms with E-state index in [1.54, 1.807) is 0 Å². The quantitative estimate of drug-likeness (QED) is 0.0838. The summed E-state index contributed by atoms with van der Waals surface area (Å²) < 4.78 is 32.1. The van der Waals surface area contributed by atoms with E-state index in [-0.39, 0.29) is 50.6 Å². The predicted octanol–water partition coefficient (Wildman–Crippen LogP) is -2.39. The number of β-lactam (4-membered cyclic amide) rings is 1. The van der Waals surface area contributed by atoms with Crippen LogP contribution in [0.5, 0.6) is 0 Å². The van der Waals surface area contributed by atoms with Gasteiger partial charge in [0.2, 0.25) is 11.8 Å². The molecule has 32 heavy (non-hydrogen) atoms. The van der Waals surface area contributed by atoms with Crippen LogP contribution in [-0.4, -0.2) is 125 Å². The Bertz CT molecular complexity index is 1050. The Balaban J connectivity index is 0.00000512. The molecule has 18 heteroatoms. The fraction of sp³-hybridized carbons (Fsp3) is 0.429. The Kier molecular flexibility index (Phi) is 10.0. The summed E-state index contributed by atoms with van der Waals surface area (Å²) in [6.45, 7) is 0. The zero-order valence-electron chi connectivity index (χ0n) is 16.2. The molecule has 1 saturated heterocycles. The number of rotatable bonds is 8. The second-order valence-corrected chi connectivity index (χ2v) is 8.50. The van der Waals surface area contributed by atoms with Crippen LogP contribution >= 0.6 is 22.9 Å². The van der Waals surface area contributed by atoms with Crippen molar-refractivity contribution < 1.29 is 37.0 Å². The van der Waals surface area contributed by atoms with E-state index in [9.17, 15) is 32.1 Å². The number of aromatic nitrogens is 1. The topological polar surface area (TPSA) is 188 Å². The first-order valence-corrected chi connectivity index (χ1v) is 11.0. The van der Waals surface area contributed by atoms with Gasteiger partial charge >= 0.3 is 39.9 Å². The third-order valence-corrected chi connectivity index (χ3v) is 5.70. The molecule has 1 aromatic rings. The van der Waals surface area contributed by atoms with E-state index in [2.05, 4.69) is 25.6 Å². The van der Waals surface area contributed by atoms with Crippen molar-refractivity contribution in [2.45, 2.75) is 12.1 Å². The van der Waals surface area contributed by atoms with Crippen molar-refractivity contribution in [1.29, 1.82) is 0 Å². The molecule has 2 atom stereocenters. The second-order valence-electron chi connectivity index (χ2n) is 6.08. The molecule has 2 rings (SSSR count). The van der Waals surface area contributed by atoms with Crippen LogP contribution < -0.4 is 10.6 Å². The number of nitrogens with one attached hydrogen (secondary N) is 2. The molecule has 1 aliphatic rings. The van der Waals surface area contributed by atoms with Crippen molar-refractivity contribution in [3.05, 3.63) is 11.1 Å². The Hall–Kier alpha value is -1.82. The molecule has 0 saturated carbocycles. The summed E-state index contributed by atoms with van der Waals surface area (Å²) >= 11 is 6.35. The fourth-order valence-corrected chi connectivity index (χ4v) is 4.08. The number of carbonyl (C=O) groups excluding carboxylic acids is 4. The fourth-order valence-electron chi connectivity index (χ4n) is 2.47. The molecule has 0 aliphatic carbocycles. The van der Waals surface area contributed by atoms with Gasteiger partial charge in [0, 0.05) is 19.5 Å². The normalized spacial score (nSPS) is 18.2. The van der Waals surface area contributed by atoms with Crippen LogP contribution in [0.4, 0.5) is 5.13 Å². The average Bonchev–Trinajstić information content (AvgIpc) is 3.13. The monoisotopic (exact) mass is 520 g/mol.